The highest BCUT2D eigenvalue weighted by molar-refractivity contribution is 9.10. The number of thiazole rings is 1. The lowest BCUT2D eigenvalue weighted by atomic mass is 9.93. The van der Waals surface area contributed by atoms with E-state index >= 15 is 0 Å². The third-order valence-electron chi connectivity index (χ3n) is 2.99. The first-order chi connectivity index (χ1) is 10.3. The molecule has 0 fully saturated rings. The third-order valence-corrected chi connectivity index (χ3v) is 5.69. The molecule has 0 bridgehead atoms. The van der Waals surface area contributed by atoms with Crippen LogP contribution in [-0.4, -0.2) is 43.0 Å². The minimum atomic E-state index is -0.107. The lowest BCUT2D eigenvalue weighted by molar-refractivity contribution is 0.0925. The van der Waals surface area contributed by atoms with Gasteiger partial charge in [-0.25, -0.2) is 4.98 Å². The number of carbonyl (C=O) groups excluding carboxylic acids is 1. The average Bonchev–Trinajstić information content (AvgIpc) is 3.03. The highest BCUT2D eigenvalue weighted by atomic mass is 79.9. The summed E-state index contributed by atoms with van der Waals surface area (Å²) < 4.78 is 1.04. The molecule has 0 atom stereocenters. The van der Waals surface area contributed by atoms with Gasteiger partial charge in [0.25, 0.3) is 5.91 Å². The molecule has 0 saturated heterocycles. The zero-order valence-corrected chi connectivity index (χ0v) is 16.4. The van der Waals surface area contributed by atoms with Gasteiger partial charge in [-0.05, 0) is 41.5 Å². The van der Waals surface area contributed by atoms with Crippen LogP contribution in [0.3, 0.4) is 0 Å². The Balaban J connectivity index is 1.98. The smallest absolute Gasteiger partial charge is 0.270 e. The zero-order valence-electron chi connectivity index (χ0n) is 13.1. The molecule has 0 spiro atoms. The highest BCUT2D eigenvalue weighted by Crippen LogP contribution is 2.32. The predicted octanol–water partition coefficient (Wildman–Crippen LogP) is 3.95. The summed E-state index contributed by atoms with van der Waals surface area (Å²) in [5.41, 5.74) is 0.515. The zero-order chi connectivity index (χ0) is 16.3. The number of hydrogen-bond acceptors (Lipinski definition) is 5. The Morgan fingerprint density at radius 3 is 2.68 bits per heavy atom. The minimum Gasteiger partial charge on any atom is -0.350 e. The normalized spacial score (nSPS) is 11.9. The Labute approximate surface area is 147 Å². The Morgan fingerprint density at radius 2 is 2.09 bits per heavy atom. The average molecular weight is 402 g/mol. The van der Waals surface area contributed by atoms with Gasteiger partial charge in [-0.15, -0.1) is 22.7 Å². The second-order valence-corrected chi connectivity index (χ2v) is 8.94. The number of hydrogen-bond donors (Lipinski definition) is 1. The van der Waals surface area contributed by atoms with Gasteiger partial charge in [0.2, 0.25) is 0 Å². The van der Waals surface area contributed by atoms with Crippen LogP contribution in [0, 0.1) is 5.41 Å². The van der Waals surface area contributed by atoms with Crippen LogP contribution in [0.15, 0.2) is 21.3 Å². The minimum absolute atomic E-state index is 0.0244. The largest absolute Gasteiger partial charge is 0.350 e. The summed E-state index contributed by atoms with van der Waals surface area (Å²) in [6.07, 6.45) is 0. The lowest BCUT2D eigenvalue weighted by Crippen LogP contribution is -2.40. The van der Waals surface area contributed by atoms with Crippen molar-refractivity contribution < 1.29 is 4.79 Å². The standard InChI is InChI=1S/C15H20BrN3OS2/c1-15(2,9-19(3)4)8-17-13(20)11-7-22-14(18-11)12-5-10(16)6-21-12/h5-7H,8-9H2,1-4H3,(H,17,20). The fraction of sp³-hybridized carbons (Fsp3) is 0.467. The molecule has 2 aromatic heterocycles. The van der Waals surface area contributed by atoms with Crippen LogP contribution in [0.25, 0.3) is 9.88 Å². The molecule has 1 amide bonds. The summed E-state index contributed by atoms with van der Waals surface area (Å²) in [4.78, 5) is 19.9. The predicted molar refractivity (Wildman–Crippen MR) is 97.8 cm³/mol. The van der Waals surface area contributed by atoms with Gasteiger partial charge in [-0.3, -0.25) is 4.79 Å². The molecule has 120 valence electrons. The number of amides is 1. The van der Waals surface area contributed by atoms with Crippen molar-refractivity contribution in [3.8, 4) is 9.88 Å². The summed E-state index contributed by atoms with van der Waals surface area (Å²) >= 11 is 6.55. The van der Waals surface area contributed by atoms with E-state index in [0.717, 1.165) is 20.9 Å². The molecule has 22 heavy (non-hydrogen) atoms. The number of rotatable bonds is 6. The second-order valence-electron chi connectivity index (χ2n) is 6.25. The number of halogens is 1. The van der Waals surface area contributed by atoms with Crippen molar-refractivity contribution in [2.45, 2.75) is 13.8 Å². The number of thiophene rings is 1. The van der Waals surface area contributed by atoms with Gasteiger partial charge >= 0.3 is 0 Å². The fourth-order valence-corrected chi connectivity index (χ4v) is 4.55. The molecule has 7 heteroatoms. The first-order valence-electron chi connectivity index (χ1n) is 6.90. The van der Waals surface area contributed by atoms with E-state index in [2.05, 4.69) is 45.0 Å². The number of carbonyl (C=O) groups is 1. The van der Waals surface area contributed by atoms with Crippen molar-refractivity contribution in [1.29, 1.82) is 0 Å². The Morgan fingerprint density at radius 1 is 1.36 bits per heavy atom. The van der Waals surface area contributed by atoms with E-state index in [1.165, 1.54) is 11.3 Å². The van der Waals surface area contributed by atoms with Crippen molar-refractivity contribution in [3.63, 3.8) is 0 Å². The van der Waals surface area contributed by atoms with Gasteiger partial charge in [-0.1, -0.05) is 13.8 Å². The van der Waals surface area contributed by atoms with Crippen LogP contribution in [0.1, 0.15) is 24.3 Å². The third kappa shape index (κ3) is 4.87. The van der Waals surface area contributed by atoms with Crippen LogP contribution in [0.5, 0.6) is 0 Å². The van der Waals surface area contributed by atoms with Crippen LogP contribution in [-0.2, 0) is 0 Å². The second kappa shape index (κ2) is 7.21. The maximum Gasteiger partial charge on any atom is 0.270 e. The summed E-state index contributed by atoms with van der Waals surface area (Å²) in [5, 5.41) is 7.70. The van der Waals surface area contributed by atoms with Gasteiger partial charge < -0.3 is 10.2 Å². The van der Waals surface area contributed by atoms with Crippen LogP contribution < -0.4 is 5.32 Å². The molecule has 2 rings (SSSR count). The van der Waals surface area contributed by atoms with Crippen molar-refractivity contribution in [2.75, 3.05) is 27.2 Å². The number of aromatic nitrogens is 1. The molecular formula is C15H20BrN3OS2. The molecular weight excluding hydrogens is 382 g/mol. The maximum atomic E-state index is 12.2. The number of nitrogens with one attached hydrogen (secondary N) is 1. The molecule has 2 aromatic rings. The Bertz CT molecular complexity index is 649. The van der Waals surface area contributed by atoms with Crippen LogP contribution in [0.4, 0.5) is 0 Å². The summed E-state index contributed by atoms with van der Waals surface area (Å²) in [7, 11) is 4.07. The van der Waals surface area contributed by atoms with E-state index in [4.69, 9.17) is 0 Å². The van der Waals surface area contributed by atoms with E-state index < -0.39 is 0 Å². The SMILES string of the molecule is CN(C)CC(C)(C)CNC(=O)c1csc(-c2cc(Br)cs2)n1. The first kappa shape index (κ1) is 17.6. The van der Waals surface area contributed by atoms with E-state index in [0.29, 0.717) is 12.2 Å². The molecule has 4 nitrogen and oxygen atoms in total. The van der Waals surface area contributed by atoms with E-state index in [1.54, 1.807) is 11.3 Å². The van der Waals surface area contributed by atoms with E-state index in [1.807, 2.05) is 30.9 Å². The number of nitrogens with zero attached hydrogens (tertiary/aromatic N) is 2. The van der Waals surface area contributed by atoms with Crippen LogP contribution in [0.2, 0.25) is 0 Å². The summed E-state index contributed by atoms with van der Waals surface area (Å²) in [6.45, 7) is 5.83. The summed E-state index contributed by atoms with van der Waals surface area (Å²) in [5.74, 6) is -0.107. The Hall–Kier alpha value is -0.760. The highest BCUT2D eigenvalue weighted by Gasteiger charge is 2.21. The van der Waals surface area contributed by atoms with Crippen molar-refractivity contribution in [3.05, 3.63) is 27.0 Å². The molecule has 0 unspecified atom stereocenters. The van der Waals surface area contributed by atoms with Gasteiger partial charge in [-0.2, -0.15) is 0 Å². The molecule has 2 heterocycles. The molecule has 0 aliphatic carbocycles. The fourth-order valence-electron chi connectivity index (χ4n) is 2.24. The Kier molecular flexibility index (Phi) is 5.76. The van der Waals surface area contributed by atoms with Crippen molar-refractivity contribution in [2.24, 2.45) is 5.41 Å². The van der Waals surface area contributed by atoms with Crippen molar-refractivity contribution >= 4 is 44.5 Å². The van der Waals surface area contributed by atoms with Gasteiger partial charge in [0, 0.05) is 28.3 Å². The maximum absolute atomic E-state index is 12.2. The molecule has 0 aliphatic heterocycles. The topological polar surface area (TPSA) is 45.2 Å². The molecule has 0 saturated carbocycles. The van der Waals surface area contributed by atoms with Crippen LogP contribution >= 0.6 is 38.6 Å². The first-order valence-corrected chi connectivity index (χ1v) is 9.45. The van der Waals surface area contributed by atoms with Gasteiger partial charge in [0.05, 0.1) is 4.88 Å². The van der Waals surface area contributed by atoms with Crippen molar-refractivity contribution in [1.82, 2.24) is 15.2 Å². The van der Waals surface area contributed by atoms with E-state index in [9.17, 15) is 4.79 Å². The van der Waals surface area contributed by atoms with Gasteiger partial charge in [0.1, 0.15) is 10.7 Å². The summed E-state index contributed by atoms with van der Waals surface area (Å²) in [6, 6.07) is 2.02. The lowest BCUT2D eigenvalue weighted by Gasteiger charge is -2.28. The molecule has 0 radical (unpaired) electrons. The van der Waals surface area contributed by atoms with E-state index in [-0.39, 0.29) is 11.3 Å². The molecule has 0 aliphatic rings. The van der Waals surface area contributed by atoms with Gasteiger partial charge in [0.15, 0.2) is 0 Å². The monoisotopic (exact) mass is 401 g/mol. The molecule has 1 N–H and O–H groups in total. The quantitative estimate of drug-likeness (QED) is 0.796. The molecule has 0 aromatic carbocycles.